The largest absolute Gasteiger partial charge is 0.396 e. The van der Waals surface area contributed by atoms with Crippen LogP contribution in [0.5, 0.6) is 0 Å². The Bertz CT molecular complexity index is 116. The quantitative estimate of drug-likeness (QED) is 0.554. The number of aliphatic hydroxyl groups is 1. The Morgan fingerprint density at radius 3 is 3.00 bits per heavy atom. The lowest BCUT2D eigenvalue weighted by Gasteiger charge is -2.01. The van der Waals surface area contributed by atoms with Gasteiger partial charge in [0, 0.05) is 18.6 Å². The van der Waals surface area contributed by atoms with E-state index in [-0.39, 0.29) is 0 Å². The van der Waals surface area contributed by atoms with Crippen molar-refractivity contribution in [1.29, 1.82) is 0 Å². The molecule has 2 atom stereocenters. The molecule has 1 spiro atoms. The lowest BCUT2D eigenvalue weighted by atomic mass is 10.0. The van der Waals surface area contributed by atoms with Crippen molar-refractivity contribution in [3.63, 3.8) is 0 Å². The van der Waals surface area contributed by atoms with E-state index in [2.05, 4.69) is 0 Å². The maximum Gasteiger partial charge on any atom is 0.0526 e. The van der Waals surface area contributed by atoms with Crippen LogP contribution in [0.3, 0.4) is 0 Å². The lowest BCUT2D eigenvalue weighted by molar-refractivity contribution is 0.171. The SMILES string of the molecule is OC[C@@H]1C[C@]12CCOC2. The van der Waals surface area contributed by atoms with E-state index in [0.29, 0.717) is 17.9 Å². The molecule has 2 rings (SSSR count). The monoisotopic (exact) mass is 128 g/mol. The van der Waals surface area contributed by atoms with Gasteiger partial charge in [0.25, 0.3) is 0 Å². The number of hydrogen-bond donors (Lipinski definition) is 1. The Hall–Kier alpha value is -0.0800. The Kier molecular flexibility index (Phi) is 1.08. The zero-order valence-corrected chi connectivity index (χ0v) is 5.47. The second kappa shape index (κ2) is 1.70. The predicted molar refractivity (Wildman–Crippen MR) is 33.1 cm³/mol. The van der Waals surface area contributed by atoms with Crippen LogP contribution >= 0.6 is 0 Å². The van der Waals surface area contributed by atoms with Gasteiger partial charge in [0.15, 0.2) is 0 Å². The molecule has 0 radical (unpaired) electrons. The van der Waals surface area contributed by atoms with Gasteiger partial charge in [-0.2, -0.15) is 0 Å². The van der Waals surface area contributed by atoms with Gasteiger partial charge >= 0.3 is 0 Å². The Morgan fingerprint density at radius 1 is 1.67 bits per heavy atom. The van der Waals surface area contributed by atoms with Gasteiger partial charge in [0.2, 0.25) is 0 Å². The molecule has 1 N–H and O–H groups in total. The maximum atomic E-state index is 8.78. The molecule has 2 aliphatic rings. The summed E-state index contributed by atoms with van der Waals surface area (Å²) in [4.78, 5) is 0. The summed E-state index contributed by atoms with van der Waals surface area (Å²) in [5, 5.41) is 8.78. The molecular formula is C7H12O2. The van der Waals surface area contributed by atoms with Crippen molar-refractivity contribution in [2.24, 2.45) is 11.3 Å². The van der Waals surface area contributed by atoms with Gasteiger partial charge < -0.3 is 9.84 Å². The van der Waals surface area contributed by atoms with Gasteiger partial charge in [-0.05, 0) is 18.8 Å². The van der Waals surface area contributed by atoms with Crippen LogP contribution in [0.1, 0.15) is 12.8 Å². The Balaban J connectivity index is 1.97. The van der Waals surface area contributed by atoms with Crippen molar-refractivity contribution in [2.75, 3.05) is 19.8 Å². The number of hydrogen-bond acceptors (Lipinski definition) is 2. The standard InChI is InChI=1S/C7H12O2/c8-4-6-3-7(6)1-2-9-5-7/h6,8H,1-5H2/t6-,7-/m0/s1. The normalized spacial score (nSPS) is 48.3. The summed E-state index contributed by atoms with van der Waals surface area (Å²) in [6, 6.07) is 0. The number of ether oxygens (including phenoxy) is 1. The minimum Gasteiger partial charge on any atom is -0.396 e. The molecule has 1 saturated carbocycles. The van der Waals surface area contributed by atoms with Gasteiger partial charge in [-0.25, -0.2) is 0 Å². The van der Waals surface area contributed by atoms with Crippen molar-refractivity contribution in [3.05, 3.63) is 0 Å². The van der Waals surface area contributed by atoms with Crippen LogP contribution in [0.15, 0.2) is 0 Å². The highest BCUT2D eigenvalue weighted by molar-refractivity contribution is 5.03. The zero-order chi connectivity index (χ0) is 6.32. The van der Waals surface area contributed by atoms with Crippen LogP contribution in [-0.2, 0) is 4.74 Å². The van der Waals surface area contributed by atoms with Crippen molar-refractivity contribution in [1.82, 2.24) is 0 Å². The van der Waals surface area contributed by atoms with Crippen LogP contribution in [0.2, 0.25) is 0 Å². The predicted octanol–water partition coefficient (Wildman–Crippen LogP) is 0.405. The summed E-state index contributed by atoms with van der Waals surface area (Å²) in [5.74, 6) is 0.569. The van der Waals surface area contributed by atoms with Crippen molar-refractivity contribution in [2.45, 2.75) is 12.8 Å². The summed E-state index contributed by atoms with van der Waals surface area (Å²) in [6.45, 7) is 2.18. The van der Waals surface area contributed by atoms with Gasteiger partial charge in [-0.15, -0.1) is 0 Å². The third-order valence-corrected chi connectivity index (χ3v) is 2.71. The second-order valence-electron chi connectivity index (χ2n) is 3.25. The highest BCUT2D eigenvalue weighted by atomic mass is 16.5. The third-order valence-electron chi connectivity index (χ3n) is 2.71. The van der Waals surface area contributed by atoms with E-state index in [9.17, 15) is 0 Å². The van der Waals surface area contributed by atoms with E-state index in [4.69, 9.17) is 9.84 Å². The van der Waals surface area contributed by atoms with Crippen LogP contribution in [0, 0.1) is 11.3 Å². The van der Waals surface area contributed by atoms with Crippen LogP contribution in [-0.4, -0.2) is 24.9 Å². The number of aliphatic hydroxyl groups excluding tert-OH is 1. The molecule has 2 nitrogen and oxygen atoms in total. The molecule has 52 valence electrons. The van der Waals surface area contributed by atoms with Crippen molar-refractivity contribution < 1.29 is 9.84 Å². The molecule has 0 unspecified atom stereocenters. The molecule has 1 saturated heterocycles. The third kappa shape index (κ3) is 0.700. The first-order valence-electron chi connectivity index (χ1n) is 3.56. The first-order valence-corrected chi connectivity index (χ1v) is 3.56. The molecule has 2 heteroatoms. The zero-order valence-electron chi connectivity index (χ0n) is 5.47. The summed E-state index contributed by atoms with van der Waals surface area (Å²) >= 11 is 0. The van der Waals surface area contributed by atoms with E-state index < -0.39 is 0 Å². The Labute approximate surface area is 54.8 Å². The van der Waals surface area contributed by atoms with Gasteiger partial charge in [-0.3, -0.25) is 0 Å². The van der Waals surface area contributed by atoms with E-state index >= 15 is 0 Å². The molecule has 1 heterocycles. The fraction of sp³-hybridized carbons (Fsp3) is 1.00. The minimum absolute atomic E-state index is 0.364. The average molecular weight is 128 g/mol. The summed E-state index contributed by atoms with van der Waals surface area (Å²) in [7, 11) is 0. The molecule has 0 aromatic heterocycles. The molecule has 2 fully saturated rings. The summed E-state index contributed by atoms with van der Waals surface area (Å²) < 4.78 is 5.24. The molecular weight excluding hydrogens is 116 g/mol. The molecule has 0 bridgehead atoms. The fourth-order valence-corrected chi connectivity index (χ4v) is 1.80. The van der Waals surface area contributed by atoms with Crippen LogP contribution < -0.4 is 0 Å². The van der Waals surface area contributed by atoms with Gasteiger partial charge in [-0.1, -0.05) is 0 Å². The maximum absolute atomic E-state index is 8.78. The van der Waals surface area contributed by atoms with Gasteiger partial charge in [0.1, 0.15) is 0 Å². The molecule has 1 aliphatic heterocycles. The van der Waals surface area contributed by atoms with Crippen molar-refractivity contribution >= 4 is 0 Å². The van der Waals surface area contributed by atoms with E-state index in [1.807, 2.05) is 0 Å². The first-order chi connectivity index (χ1) is 4.37. The van der Waals surface area contributed by atoms with Crippen LogP contribution in [0.25, 0.3) is 0 Å². The van der Waals surface area contributed by atoms with Crippen LogP contribution in [0.4, 0.5) is 0 Å². The molecule has 9 heavy (non-hydrogen) atoms. The lowest BCUT2D eigenvalue weighted by Crippen LogP contribution is -2.04. The minimum atomic E-state index is 0.364. The average Bonchev–Trinajstić information content (AvgIpc) is 2.30. The second-order valence-corrected chi connectivity index (χ2v) is 3.25. The van der Waals surface area contributed by atoms with Gasteiger partial charge in [0.05, 0.1) is 6.61 Å². The van der Waals surface area contributed by atoms with E-state index in [0.717, 1.165) is 13.2 Å². The summed E-state index contributed by atoms with van der Waals surface area (Å²) in [6.07, 6.45) is 2.38. The highest BCUT2D eigenvalue weighted by Gasteiger charge is 2.55. The molecule has 0 aromatic carbocycles. The molecule has 0 amide bonds. The fourth-order valence-electron chi connectivity index (χ4n) is 1.80. The molecule has 0 aromatic rings. The topological polar surface area (TPSA) is 29.5 Å². The Morgan fingerprint density at radius 2 is 2.56 bits per heavy atom. The number of rotatable bonds is 1. The van der Waals surface area contributed by atoms with E-state index in [1.54, 1.807) is 0 Å². The highest BCUT2D eigenvalue weighted by Crippen LogP contribution is 2.57. The van der Waals surface area contributed by atoms with Crippen molar-refractivity contribution in [3.8, 4) is 0 Å². The molecule has 1 aliphatic carbocycles. The van der Waals surface area contributed by atoms with E-state index in [1.165, 1.54) is 12.8 Å². The first kappa shape index (κ1) is 5.69. The summed E-state index contributed by atoms with van der Waals surface area (Å²) in [5.41, 5.74) is 0.439. The smallest absolute Gasteiger partial charge is 0.0526 e.